The number of hydrogen-bond acceptors (Lipinski definition) is 2. The van der Waals surface area contributed by atoms with Crippen LogP contribution in [0.2, 0.25) is 5.02 Å². The second kappa shape index (κ2) is 7.48. The maximum atomic E-state index is 12.4. The van der Waals surface area contributed by atoms with Gasteiger partial charge in [-0.15, -0.1) is 0 Å². The lowest BCUT2D eigenvalue weighted by atomic mass is 10.2. The van der Waals surface area contributed by atoms with Crippen LogP contribution < -0.4 is 10.1 Å². The van der Waals surface area contributed by atoms with Gasteiger partial charge in [0.25, 0.3) is 5.91 Å². The lowest BCUT2D eigenvalue weighted by Crippen LogP contribution is -2.14. The minimum absolute atomic E-state index is 0.218. The normalized spacial score (nSPS) is 10.2. The molecule has 0 saturated heterocycles. The number of benzene rings is 2. The van der Waals surface area contributed by atoms with E-state index in [1.165, 1.54) is 0 Å². The fourth-order valence-corrected chi connectivity index (χ4v) is 2.24. The van der Waals surface area contributed by atoms with Crippen LogP contribution in [0.4, 0.5) is 5.69 Å². The van der Waals surface area contributed by atoms with Gasteiger partial charge in [-0.3, -0.25) is 4.79 Å². The summed E-state index contributed by atoms with van der Waals surface area (Å²) in [7, 11) is 0. The fraction of sp³-hybridized carbons (Fsp3) is 0.188. The third-order valence-corrected chi connectivity index (χ3v) is 3.50. The molecule has 0 atom stereocenters. The summed E-state index contributed by atoms with van der Waals surface area (Å²) >= 11 is 9.20. The lowest BCUT2D eigenvalue weighted by molar-refractivity contribution is 0.102. The number of ether oxygens (including phenoxy) is 1. The second-order valence-corrected chi connectivity index (χ2v) is 5.80. The van der Waals surface area contributed by atoms with Crippen molar-refractivity contribution in [3.05, 3.63) is 57.5 Å². The van der Waals surface area contributed by atoms with E-state index in [2.05, 4.69) is 21.2 Å². The number of amides is 1. The number of nitrogens with one attached hydrogen (secondary N) is 1. The molecule has 2 aromatic carbocycles. The Morgan fingerprint density at radius 3 is 2.62 bits per heavy atom. The van der Waals surface area contributed by atoms with Crippen LogP contribution in [-0.4, -0.2) is 12.5 Å². The van der Waals surface area contributed by atoms with Crippen LogP contribution in [0.3, 0.4) is 0 Å². The Morgan fingerprint density at radius 2 is 1.95 bits per heavy atom. The molecular formula is C16H15BrClNO2. The third kappa shape index (κ3) is 4.48. The first kappa shape index (κ1) is 15.9. The Morgan fingerprint density at radius 1 is 1.24 bits per heavy atom. The first-order valence-corrected chi connectivity index (χ1v) is 7.76. The number of halogens is 2. The smallest absolute Gasteiger partial charge is 0.259 e. The summed E-state index contributed by atoms with van der Waals surface area (Å²) in [5.41, 5.74) is 1.18. The largest absolute Gasteiger partial charge is 0.493 e. The van der Waals surface area contributed by atoms with Crippen molar-refractivity contribution in [3.63, 3.8) is 0 Å². The SMILES string of the molecule is CCCOc1ccc(Br)cc1C(=O)Nc1ccc(Cl)cc1. The van der Waals surface area contributed by atoms with Crippen LogP contribution in [0.15, 0.2) is 46.9 Å². The van der Waals surface area contributed by atoms with E-state index in [1.807, 2.05) is 13.0 Å². The predicted molar refractivity (Wildman–Crippen MR) is 89.3 cm³/mol. The maximum Gasteiger partial charge on any atom is 0.259 e. The van der Waals surface area contributed by atoms with Crippen LogP contribution in [0.25, 0.3) is 0 Å². The molecule has 0 aliphatic rings. The molecule has 0 aliphatic heterocycles. The van der Waals surface area contributed by atoms with Crippen molar-refractivity contribution in [2.45, 2.75) is 13.3 Å². The molecule has 3 nitrogen and oxygen atoms in total. The zero-order valence-electron chi connectivity index (χ0n) is 11.5. The number of hydrogen-bond donors (Lipinski definition) is 1. The van der Waals surface area contributed by atoms with E-state index in [-0.39, 0.29) is 5.91 Å². The standard InChI is InChI=1S/C16H15BrClNO2/c1-2-9-21-15-8-3-11(17)10-14(15)16(20)19-13-6-4-12(18)5-7-13/h3-8,10H,2,9H2,1H3,(H,19,20). The van der Waals surface area contributed by atoms with E-state index in [9.17, 15) is 4.79 Å². The highest BCUT2D eigenvalue weighted by Gasteiger charge is 2.13. The highest BCUT2D eigenvalue weighted by atomic mass is 79.9. The van der Waals surface area contributed by atoms with Gasteiger partial charge >= 0.3 is 0 Å². The van der Waals surface area contributed by atoms with Crippen molar-refractivity contribution >= 4 is 39.1 Å². The molecule has 0 unspecified atom stereocenters. The summed E-state index contributed by atoms with van der Waals surface area (Å²) in [6, 6.07) is 12.4. The van der Waals surface area contributed by atoms with Gasteiger partial charge in [-0.1, -0.05) is 34.5 Å². The van der Waals surface area contributed by atoms with Crippen LogP contribution in [-0.2, 0) is 0 Å². The molecule has 5 heteroatoms. The lowest BCUT2D eigenvalue weighted by Gasteiger charge is -2.12. The highest BCUT2D eigenvalue weighted by molar-refractivity contribution is 9.10. The molecule has 2 aromatic rings. The monoisotopic (exact) mass is 367 g/mol. The van der Waals surface area contributed by atoms with E-state index in [4.69, 9.17) is 16.3 Å². The Bertz CT molecular complexity index is 629. The molecule has 0 fully saturated rings. The van der Waals surface area contributed by atoms with Gasteiger partial charge < -0.3 is 10.1 Å². The van der Waals surface area contributed by atoms with Gasteiger partial charge in [-0.25, -0.2) is 0 Å². The Labute approximate surface area is 137 Å². The minimum Gasteiger partial charge on any atom is -0.493 e. The van der Waals surface area contributed by atoms with Crippen LogP contribution in [0.5, 0.6) is 5.75 Å². The van der Waals surface area contributed by atoms with E-state index in [1.54, 1.807) is 36.4 Å². The topological polar surface area (TPSA) is 38.3 Å². The predicted octanol–water partition coefficient (Wildman–Crippen LogP) is 5.14. The number of anilines is 1. The van der Waals surface area contributed by atoms with Crippen LogP contribution >= 0.6 is 27.5 Å². The molecule has 0 aromatic heterocycles. The van der Waals surface area contributed by atoms with Gasteiger partial charge in [0.1, 0.15) is 5.75 Å². The van der Waals surface area contributed by atoms with Crippen molar-refractivity contribution in [2.75, 3.05) is 11.9 Å². The first-order chi connectivity index (χ1) is 10.1. The first-order valence-electron chi connectivity index (χ1n) is 6.59. The summed E-state index contributed by atoms with van der Waals surface area (Å²) in [4.78, 5) is 12.4. The van der Waals surface area contributed by atoms with Gasteiger partial charge in [0.15, 0.2) is 0 Å². The van der Waals surface area contributed by atoms with E-state index in [0.717, 1.165) is 10.9 Å². The molecule has 0 aliphatic carbocycles. The van der Waals surface area contributed by atoms with Crippen molar-refractivity contribution in [3.8, 4) is 5.75 Å². The Hall–Kier alpha value is -1.52. The number of carbonyl (C=O) groups excluding carboxylic acids is 1. The van der Waals surface area contributed by atoms with Crippen molar-refractivity contribution < 1.29 is 9.53 Å². The summed E-state index contributed by atoms with van der Waals surface area (Å²) in [5, 5.41) is 3.46. The molecule has 21 heavy (non-hydrogen) atoms. The van der Waals surface area contributed by atoms with Gasteiger partial charge in [0.05, 0.1) is 12.2 Å². The van der Waals surface area contributed by atoms with Gasteiger partial charge in [-0.05, 0) is 48.9 Å². The van der Waals surface area contributed by atoms with Crippen molar-refractivity contribution in [2.24, 2.45) is 0 Å². The summed E-state index contributed by atoms with van der Waals surface area (Å²) in [6.07, 6.45) is 0.883. The van der Waals surface area contributed by atoms with Crippen LogP contribution in [0, 0.1) is 0 Å². The molecule has 110 valence electrons. The molecule has 0 radical (unpaired) electrons. The van der Waals surface area contributed by atoms with Gasteiger partial charge in [0.2, 0.25) is 0 Å². The summed E-state index contributed by atoms with van der Waals surface area (Å²) in [5.74, 6) is 0.358. The molecule has 0 heterocycles. The van der Waals surface area contributed by atoms with Crippen LogP contribution in [0.1, 0.15) is 23.7 Å². The Kier molecular flexibility index (Phi) is 5.65. The highest BCUT2D eigenvalue weighted by Crippen LogP contribution is 2.25. The minimum atomic E-state index is -0.218. The molecule has 1 N–H and O–H groups in total. The zero-order chi connectivity index (χ0) is 15.2. The second-order valence-electron chi connectivity index (χ2n) is 4.45. The summed E-state index contributed by atoms with van der Waals surface area (Å²) < 4.78 is 6.44. The molecule has 0 bridgehead atoms. The average Bonchev–Trinajstić information content (AvgIpc) is 2.48. The molecule has 1 amide bonds. The Balaban J connectivity index is 2.20. The molecule has 0 spiro atoms. The molecule has 0 saturated carbocycles. The van der Waals surface area contributed by atoms with Gasteiger partial charge in [-0.2, -0.15) is 0 Å². The maximum absolute atomic E-state index is 12.4. The molecular weight excluding hydrogens is 354 g/mol. The van der Waals surface area contributed by atoms with Crippen molar-refractivity contribution in [1.82, 2.24) is 0 Å². The number of rotatable bonds is 5. The zero-order valence-corrected chi connectivity index (χ0v) is 13.9. The number of carbonyl (C=O) groups is 1. The van der Waals surface area contributed by atoms with E-state index < -0.39 is 0 Å². The van der Waals surface area contributed by atoms with Gasteiger partial charge in [0, 0.05) is 15.2 Å². The van der Waals surface area contributed by atoms with E-state index in [0.29, 0.717) is 28.6 Å². The molecule has 2 rings (SSSR count). The quantitative estimate of drug-likeness (QED) is 0.793. The fourth-order valence-electron chi connectivity index (χ4n) is 1.75. The third-order valence-electron chi connectivity index (χ3n) is 2.75. The summed E-state index contributed by atoms with van der Waals surface area (Å²) in [6.45, 7) is 2.59. The average molecular weight is 369 g/mol. The van der Waals surface area contributed by atoms with Crippen molar-refractivity contribution in [1.29, 1.82) is 0 Å². The van der Waals surface area contributed by atoms with E-state index >= 15 is 0 Å².